The Morgan fingerprint density at radius 3 is 2.73 bits per heavy atom. The van der Waals surface area contributed by atoms with E-state index < -0.39 is 0 Å². The van der Waals surface area contributed by atoms with Gasteiger partial charge >= 0.3 is 0 Å². The highest BCUT2D eigenvalue weighted by Crippen LogP contribution is 2.42. The molecule has 0 unspecified atom stereocenters. The second-order valence-electron chi connectivity index (χ2n) is 8.93. The van der Waals surface area contributed by atoms with Crippen molar-refractivity contribution in [1.29, 1.82) is 0 Å². The summed E-state index contributed by atoms with van der Waals surface area (Å²) in [6, 6.07) is 10.8. The summed E-state index contributed by atoms with van der Waals surface area (Å²) in [5, 5.41) is 6.80. The van der Waals surface area contributed by atoms with Gasteiger partial charge in [-0.15, -0.1) is 11.3 Å². The lowest BCUT2D eigenvalue weighted by Gasteiger charge is -2.46. The summed E-state index contributed by atoms with van der Waals surface area (Å²) in [5.41, 5.74) is 2.53. The molecule has 7 heteroatoms. The molecule has 3 aromatic heterocycles. The molecular formula is C23H25N5OS. The molecule has 0 radical (unpaired) electrons. The molecule has 30 heavy (non-hydrogen) atoms. The number of aryl methyl sites for hydroxylation is 1. The first kappa shape index (κ1) is 18.2. The van der Waals surface area contributed by atoms with Crippen molar-refractivity contribution < 1.29 is 4.74 Å². The number of methoxy groups -OCH3 is 1. The molecule has 1 aromatic carbocycles. The molecule has 1 spiro atoms. The number of hydrogen-bond donors (Lipinski definition) is 0. The molecule has 2 fully saturated rings. The van der Waals surface area contributed by atoms with Gasteiger partial charge in [0.15, 0.2) is 0 Å². The van der Waals surface area contributed by atoms with E-state index in [1.54, 1.807) is 18.4 Å². The minimum Gasteiger partial charge on any atom is -0.496 e. The average molecular weight is 420 g/mol. The fourth-order valence-electron chi connectivity index (χ4n) is 5.24. The number of thiophene rings is 1. The van der Waals surface area contributed by atoms with Crippen LogP contribution in [-0.2, 0) is 7.05 Å². The fraction of sp³-hybridized carbons (Fsp3) is 0.391. The zero-order valence-electron chi connectivity index (χ0n) is 17.6. The lowest BCUT2D eigenvalue weighted by molar-refractivity contribution is 0.0424. The zero-order valence-corrected chi connectivity index (χ0v) is 18.4. The summed E-state index contributed by atoms with van der Waals surface area (Å²) >= 11 is 1.74. The van der Waals surface area contributed by atoms with Gasteiger partial charge in [0.05, 0.1) is 12.6 Å². The number of ether oxygens (including phenoxy) is 1. The molecule has 0 amide bonds. The van der Waals surface area contributed by atoms with Gasteiger partial charge in [0.2, 0.25) is 0 Å². The van der Waals surface area contributed by atoms with E-state index >= 15 is 0 Å². The lowest BCUT2D eigenvalue weighted by Crippen LogP contribution is -2.55. The summed E-state index contributed by atoms with van der Waals surface area (Å²) in [4.78, 5) is 12.2. The Balaban J connectivity index is 1.36. The van der Waals surface area contributed by atoms with Crippen molar-refractivity contribution in [1.82, 2.24) is 19.7 Å². The van der Waals surface area contributed by atoms with Crippen molar-refractivity contribution in [2.45, 2.75) is 6.42 Å². The topological polar surface area (TPSA) is 46.4 Å². The molecule has 6 nitrogen and oxygen atoms in total. The molecule has 0 atom stereocenters. The van der Waals surface area contributed by atoms with Crippen LogP contribution in [-0.4, -0.2) is 60.0 Å². The molecule has 5 heterocycles. The number of likely N-dealkylation sites (tertiary alicyclic amines) is 1. The van der Waals surface area contributed by atoms with Crippen LogP contribution in [0, 0.1) is 5.41 Å². The Labute approximate surface area is 179 Å². The van der Waals surface area contributed by atoms with E-state index in [-0.39, 0.29) is 0 Å². The highest BCUT2D eigenvalue weighted by atomic mass is 32.1. The number of anilines is 1. The second-order valence-corrected chi connectivity index (χ2v) is 9.96. The minimum atomic E-state index is 0.485. The summed E-state index contributed by atoms with van der Waals surface area (Å²) < 4.78 is 7.54. The highest BCUT2D eigenvalue weighted by molar-refractivity contribution is 7.21. The molecule has 4 aromatic rings. The van der Waals surface area contributed by atoms with Crippen molar-refractivity contribution in [2.24, 2.45) is 12.5 Å². The van der Waals surface area contributed by atoms with E-state index in [1.807, 2.05) is 24.0 Å². The predicted molar refractivity (Wildman–Crippen MR) is 123 cm³/mol. The largest absolute Gasteiger partial charge is 0.496 e. The molecule has 2 saturated heterocycles. The number of rotatable bonds is 3. The van der Waals surface area contributed by atoms with Gasteiger partial charge in [0.25, 0.3) is 0 Å². The SMILES string of the molecule is COc1cc2nn(C)cc2cc1-c1cc2ccc(N3CCC4(CN(C)C4)C3)nc2s1. The molecule has 6 rings (SSSR count). The third-order valence-corrected chi connectivity index (χ3v) is 7.62. The van der Waals surface area contributed by atoms with Gasteiger partial charge in [-0.1, -0.05) is 0 Å². The van der Waals surface area contributed by atoms with E-state index in [0.717, 1.165) is 46.0 Å². The molecule has 2 aliphatic rings. The smallest absolute Gasteiger partial charge is 0.130 e. The maximum atomic E-state index is 5.69. The number of benzene rings is 1. The van der Waals surface area contributed by atoms with Crippen LogP contribution in [0.3, 0.4) is 0 Å². The first-order valence-corrected chi connectivity index (χ1v) is 11.2. The maximum Gasteiger partial charge on any atom is 0.130 e. The summed E-state index contributed by atoms with van der Waals surface area (Å²) in [7, 11) is 5.88. The van der Waals surface area contributed by atoms with Crippen molar-refractivity contribution in [3.05, 3.63) is 36.5 Å². The highest BCUT2D eigenvalue weighted by Gasteiger charge is 2.46. The van der Waals surface area contributed by atoms with Crippen LogP contribution in [0.25, 0.3) is 31.6 Å². The van der Waals surface area contributed by atoms with Crippen LogP contribution in [0.5, 0.6) is 5.75 Å². The molecular weight excluding hydrogens is 394 g/mol. The number of nitrogens with zero attached hydrogens (tertiary/aromatic N) is 5. The molecule has 0 aliphatic carbocycles. The van der Waals surface area contributed by atoms with Gasteiger partial charge < -0.3 is 14.5 Å². The summed E-state index contributed by atoms with van der Waals surface area (Å²) in [6.45, 7) is 4.66. The molecule has 0 bridgehead atoms. The number of aromatic nitrogens is 3. The monoisotopic (exact) mass is 419 g/mol. The van der Waals surface area contributed by atoms with E-state index in [9.17, 15) is 0 Å². The van der Waals surface area contributed by atoms with Gasteiger partial charge in [0.1, 0.15) is 16.4 Å². The van der Waals surface area contributed by atoms with Gasteiger partial charge in [-0.3, -0.25) is 4.68 Å². The summed E-state index contributed by atoms with van der Waals surface area (Å²) in [5.74, 6) is 1.96. The fourth-order valence-corrected chi connectivity index (χ4v) is 6.29. The Morgan fingerprint density at radius 2 is 1.93 bits per heavy atom. The first-order chi connectivity index (χ1) is 14.5. The quantitative estimate of drug-likeness (QED) is 0.502. The minimum absolute atomic E-state index is 0.485. The van der Waals surface area contributed by atoms with E-state index in [2.05, 4.69) is 46.2 Å². The van der Waals surface area contributed by atoms with Crippen molar-refractivity contribution in [2.75, 3.05) is 45.2 Å². The van der Waals surface area contributed by atoms with Gasteiger partial charge in [-0.25, -0.2) is 4.98 Å². The van der Waals surface area contributed by atoms with Crippen LogP contribution in [0.4, 0.5) is 5.82 Å². The lowest BCUT2D eigenvalue weighted by atomic mass is 9.79. The summed E-state index contributed by atoms with van der Waals surface area (Å²) in [6.07, 6.45) is 3.32. The van der Waals surface area contributed by atoms with Crippen LogP contribution >= 0.6 is 11.3 Å². The third kappa shape index (κ3) is 2.80. The Bertz CT molecular complexity index is 1270. The van der Waals surface area contributed by atoms with Crippen molar-refractivity contribution in [3.8, 4) is 16.2 Å². The van der Waals surface area contributed by atoms with Crippen LogP contribution in [0.15, 0.2) is 36.5 Å². The van der Waals surface area contributed by atoms with E-state index in [4.69, 9.17) is 9.72 Å². The van der Waals surface area contributed by atoms with Gasteiger partial charge in [-0.2, -0.15) is 5.10 Å². The second kappa shape index (κ2) is 6.43. The molecule has 2 aliphatic heterocycles. The van der Waals surface area contributed by atoms with Crippen LogP contribution < -0.4 is 9.64 Å². The van der Waals surface area contributed by atoms with Gasteiger partial charge in [-0.05, 0) is 37.7 Å². The standard InChI is InChI=1S/C23H25N5OS/c1-26-12-23(13-26)6-7-28(14-23)21-5-4-15-9-20(30-22(15)24-21)17-8-16-11-27(2)25-18(16)10-19(17)29-3/h4-5,8-11H,6-7,12-14H2,1-3H3. The Kier molecular flexibility index (Phi) is 3.89. The average Bonchev–Trinajstić information content (AvgIpc) is 3.41. The van der Waals surface area contributed by atoms with Crippen molar-refractivity contribution >= 4 is 38.3 Å². The van der Waals surface area contributed by atoms with Crippen LogP contribution in [0.1, 0.15) is 6.42 Å². The predicted octanol–water partition coefficient (Wildman–Crippen LogP) is 4.00. The van der Waals surface area contributed by atoms with Crippen molar-refractivity contribution in [3.63, 3.8) is 0 Å². The molecule has 0 saturated carbocycles. The number of fused-ring (bicyclic) bond motifs is 2. The van der Waals surface area contributed by atoms with E-state index in [1.165, 1.54) is 29.8 Å². The third-order valence-electron chi connectivity index (χ3n) is 6.55. The van der Waals surface area contributed by atoms with Crippen LogP contribution in [0.2, 0.25) is 0 Å². The Morgan fingerprint density at radius 1 is 1.07 bits per heavy atom. The zero-order chi connectivity index (χ0) is 20.5. The first-order valence-electron chi connectivity index (χ1n) is 10.4. The number of hydrogen-bond acceptors (Lipinski definition) is 6. The number of pyridine rings is 1. The molecule has 0 N–H and O–H groups in total. The van der Waals surface area contributed by atoms with E-state index in [0.29, 0.717) is 5.41 Å². The van der Waals surface area contributed by atoms with Gasteiger partial charge in [0, 0.05) is 72.1 Å². The Hall–Kier alpha value is -2.64. The molecule has 154 valence electrons. The maximum absolute atomic E-state index is 5.69. The normalized spacial score (nSPS) is 18.6.